The number of benzene rings is 8. The number of para-hydroxylation sites is 4. The highest BCUT2D eigenvalue weighted by Gasteiger charge is 2.19. The molecule has 0 saturated heterocycles. The van der Waals surface area contributed by atoms with Crippen molar-refractivity contribution >= 4 is 120 Å². The van der Waals surface area contributed by atoms with Crippen LogP contribution in [-0.2, 0) is 0 Å². The fourth-order valence-electron chi connectivity index (χ4n) is 8.87. The molecule has 14 aromatic rings. The van der Waals surface area contributed by atoms with Crippen LogP contribution in [0.25, 0.3) is 114 Å². The zero-order chi connectivity index (χ0) is 43.3. The second kappa shape index (κ2) is 16.4. The summed E-state index contributed by atoms with van der Waals surface area (Å²) in [5.41, 5.74) is 10.6. The molecule has 0 saturated carbocycles. The Morgan fingerprint density at radius 3 is 1.66 bits per heavy atom. The first kappa shape index (κ1) is 38.9. The summed E-state index contributed by atoms with van der Waals surface area (Å²) in [5.74, 6) is 0.703. The van der Waals surface area contributed by atoms with Gasteiger partial charge in [0.2, 0.25) is 11.2 Å². The maximum atomic E-state index is 5.95. The highest BCUT2D eigenvalue weighted by molar-refractivity contribution is 7.18. The van der Waals surface area contributed by atoms with Crippen molar-refractivity contribution in [2.24, 2.45) is 0 Å². The molecule has 6 nitrogen and oxygen atoms in total. The monoisotopic (exact) mass is 890 g/mol. The van der Waals surface area contributed by atoms with Gasteiger partial charge in [0.15, 0.2) is 0 Å². The van der Waals surface area contributed by atoms with E-state index in [1.165, 1.54) is 58.3 Å². The molecule has 9 heteroatoms. The molecule has 65 heavy (non-hydrogen) atoms. The highest BCUT2D eigenvalue weighted by Crippen LogP contribution is 2.39. The number of thiophene rings is 2. The van der Waals surface area contributed by atoms with Crippen LogP contribution >= 0.6 is 34.3 Å². The van der Waals surface area contributed by atoms with Gasteiger partial charge in [-0.1, -0.05) is 158 Å². The minimum absolute atomic E-state index is 0.280. The summed E-state index contributed by atoms with van der Waals surface area (Å²) >= 11 is 9.52. The summed E-state index contributed by atoms with van der Waals surface area (Å²) in [5, 5.41) is 14.3. The molecule has 1 N–H and O–H groups in total. The average Bonchev–Trinajstić information content (AvgIpc) is 4.19. The molecule has 0 amide bonds. The number of rotatable bonds is 3. The van der Waals surface area contributed by atoms with Crippen molar-refractivity contribution in [3.05, 3.63) is 210 Å². The van der Waals surface area contributed by atoms with Crippen LogP contribution in [0.15, 0.2) is 205 Å². The Labute approximate surface area is 385 Å². The molecular weight excluding hydrogens is 856 g/mol. The standard InChI is InChI=1S/C28H17N3S.C14H9ClN2.C14H9NS/c1-2-8-18(9-3-1)25-22-11-4-6-12-23(22)29-28(30-25)31-24-13-7-5-10-20(24)21-15-14-19-16-17-32-27(19)26(21)31;15-14-16-12-9-5-4-8-11(12)13(17-14)10-6-2-1-3-7-10;1-2-4-12-10(3-1)11-6-5-9-7-8-16-14(9)13(11)15-12/h1-17H;1-9H;1-8,15H. The van der Waals surface area contributed by atoms with E-state index in [1.54, 1.807) is 22.7 Å². The minimum Gasteiger partial charge on any atom is -0.353 e. The number of H-pyrrole nitrogens is 1. The molecular formula is C56H35ClN6S2. The molecule has 6 aromatic heterocycles. The Morgan fingerprint density at radius 1 is 0.415 bits per heavy atom. The van der Waals surface area contributed by atoms with Crippen LogP contribution in [-0.4, -0.2) is 29.5 Å². The van der Waals surface area contributed by atoms with Crippen molar-refractivity contribution in [1.29, 1.82) is 0 Å². The molecule has 0 aliphatic carbocycles. The number of hydrogen-bond donors (Lipinski definition) is 1. The van der Waals surface area contributed by atoms with Gasteiger partial charge in [-0.2, -0.15) is 0 Å². The number of nitrogens with zero attached hydrogens (tertiary/aromatic N) is 5. The molecule has 0 bridgehead atoms. The molecule has 0 fully saturated rings. The van der Waals surface area contributed by atoms with Gasteiger partial charge in [-0.3, -0.25) is 4.57 Å². The third kappa shape index (κ3) is 6.96. The Hall–Kier alpha value is -7.75. The van der Waals surface area contributed by atoms with Crippen LogP contribution < -0.4 is 0 Å². The number of fused-ring (bicyclic) bond motifs is 12. The van der Waals surface area contributed by atoms with Gasteiger partial charge in [-0.25, -0.2) is 19.9 Å². The van der Waals surface area contributed by atoms with E-state index in [-0.39, 0.29) is 5.28 Å². The molecule has 0 atom stereocenters. The van der Waals surface area contributed by atoms with E-state index in [0.717, 1.165) is 49.8 Å². The molecule has 0 aliphatic heterocycles. The van der Waals surface area contributed by atoms with Crippen molar-refractivity contribution < 1.29 is 0 Å². The van der Waals surface area contributed by atoms with Gasteiger partial charge in [0.05, 0.1) is 48.4 Å². The molecule has 0 spiro atoms. The zero-order valence-electron chi connectivity index (χ0n) is 34.6. The predicted molar refractivity (Wildman–Crippen MR) is 276 cm³/mol. The zero-order valence-corrected chi connectivity index (χ0v) is 36.9. The largest absolute Gasteiger partial charge is 0.353 e. The minimum atomic E-state index is 0.280. The first-order valence-electron chi connectivity index (χ1n) is 21.2. The lowest BCUT2D eigenvalue weighted by molar-refractivity contribution is 1.02. The smallest absolute Gasteiger partial charge is 0.235 e. The van der Waals surface area contributed by atoms with E-state index in [9.17, 15) is 0 Å². The third-order valence-electron chi connectivity index (χ3n) is 11.8. The number of halogens is 1. The molecule has 0 aliphatic rings. The summed E-state index contributed by atoms with van der Waals surface area (Å²) in [7, 11) is 0. The lowest BCUT2D eigenvalue weighted by Crippen LogP contribution is -2.03. The van der Waals surface area contributed by atoms with E-state index < -0.39 is 0 Å². The van der Waals surface area contributed by atoms with E-state index in [2.05, 4.69) is 152 Å². The Morgan fingerprint density at radius 2 is 0.954 bits per heavy atom. The van der Waals surface area contributed by atoms with Crippen LogP contribution in [0.3, 0.4) is 0 Å². The van der Waals surface area contributed by atoms with Crippen LogP contribution in [0.4, 0.5) is 0 Å². The topological polar surface area (TPSA) is 72.3 Å². The lowest BCUT2D eigenvalue weighted by Gasteiger charge is -2.12. The molecule has 0 radical (unpaired) electrons. The van der Waals surface area contributed by atoms with Gasteiger partial charge < -0.3 is 4.98 Å². The average molecular weight is 892 g/mol. The molecule has 8 aromatic carbocycles. The normalized spacial score (nSPS) is 11.5. The number of nitrogens with one attached hydrogen (secondary N) is 1. The molecule has 0 unspecified atom stereocenters. The summed E-state index contributed by atoms with van der Waals surface area (Å²) < 4.78 is 4.85. The second-order valence-electron chi connectivity index (χ2n) is 15.6. The summed E-state index contributed by atoms with van der Waals surface area (Å²) in [6, 6.07) is 66.7. The summed E-state index contributed by atoms with van der Waals surface area (Å²) in [4.78, 5) is 22.3. The van der Waals surface area contributed by atoms with Crippen molar-refractivity contribution in [3.8, 4) is 28.5 Å². The van der Waals surface area contributed by atoms with Crippen molar-refractivity contribution in [2.75, 3.05) is 0 Å². The van der Waals surface area contributed by atoms with Crippen LogP contribution in [0.1, 0.15) is 0 Å². The molecule has 6 heterocycles. The Bertz CT molecular complexity index is 4040. The van der Waals surface area contributed by atoms with Crippen LogP contribution in [0, 0.1) is 0 Å². The lowest BCUT2D eigenvalue weighted by atomic mass is 10.1. The van der Waals surface area contributed by atoms with Gasteiger partial charge >= 0.3 is 0 Å². The molecule has 308 valence electrons. The molecule has 14 rings (SSSR count). The maximum Gasteiger partial charge on any atom is 0.235 e. The Balaban J connectivity index is 0.000000113. The SMILES string of the molecule is Clc1nc(-c2ccccc2)c2ccccc2n1.c1ccc(-c2nc(-n3c4ccccc4c4ccc5ccsc5c43)nc3ccccc23)cc1.c1ccc2c(c1)[nH]c1c2ccc2ccsc21. The third-order valence-corrected chi connectivity index (χ3v) is 13.9. The van der Waals surface area contributed by atoms with E-state index in [0.29, 0.717) is 5.95 Å². The van der Waals surface area contributed by atoms with E-state index in [1.807, 2.05) is 72.8 Å². The van der Waals surface area contributed by atoms with Crippen LogP contribution in [0.5, 0.6) is 0 Å². The van der Waals surface area contributed by atoms with Crippen molar-refractivity contribution in [3.63, 3.8) is 0 Å². The predicted octanol–water partition coefficient (Wildman–Crippen LogP) is 16.1. The highest BCUT2D eigenvalue weighted by atomic mass is 35.5. The fourth-order valence-corrected chi connectivity index (χ4v) is 10.9. The van der Waals surface area contributed by atoms with Gasteiger partial charge in [0.25, 0.3) is 0 Å². The first-order valence-corrected chi connectivity index (χ1v) is 23.4. The van der Waals surface area contributed by atoms with E-state index in [4.69, 9.17) is 21.6 Å². The first-order chi connectivity index (χ1) is 32.2. The summed E-state index contributed by atoms with van der Waals surface area (Å²) in [6.07, 6.45) is 0. The second-order valence-corrected chi connectivity index (χ2v) is 17.8. The van der Waals surface area contributed by atoms with Crippen LogP contribution in [0.2, 0.25) is 5.28 Å². The van der Waals surface area contributed by atoms with Crippen molar-refractivity contribution in [2.45, 2.75) is 0 Å². The Kier molecular flexibility index (Phi) is 9.83. The van der Waals surface area contributed by atoms with Gasteiger partial charge in [0.1, 0.15) is 0 Å². The number of aromatic amines is 1. The summed E-state index contributed by atoms with van der Waals surface area (Å²) in [6.45, 7) is 0. The maximum absolute atomic E-state index is 5.95. The van der Waals surface area contributed by atoms with Gasteiger partial charge in [-0.15, -0.1) is 22.7 Å². The fraction of sp³-hybridized carbons (Fsp3) is 0. The van der Waals surface area contributed by atoms with Gasteiger partial charge in [-0.05, 0) is 69.5 Å². The quantitative estimate of drug-likeness (QED) is 0.179. The van der Waals surface area contributed by atoms with Gasteiger partial charge in [0, 0.05) is 49.0 Å². The number of aromatic nitrogens is 6. The number of hydrogen-bond acceptors (Lipinski definition) is 6. The van der Waals surface area contributed by atoms with Crippen molar-refractivity contribution in [1.82, 2.24) is 29.5 Å². The van der Waals surface area contributed by atoms with E-state index >= 15 is 0 Å².